The Morgan fingerprint density at radius 2 is 2.21 bits per heavy atom. The normalized spacial score (nSPS) is 10.6. The molecule has 0 aliphatic carbocycles. The second-order valence-electron chi connectivity index (χ2n) is 2.41. The maximum atomic E-state index is 12.2. The van der Waals surface area contributed by atoms with E-state index >= 15 is 0 Å². The first-order chi connectivity index (χ1) is 6.43. The van der Waals surface area contributed by atoms with Gasteiger partial charge in [0.15, 0.2) is 5.69 Å². The van der Waals surface area contributed by atoms with Crippen LogP contribution in [-0.4, -0.2) is 16.1 Å². The van der Waals surface area contributed by atoms with Crippen molar-refractivity contribution in [2.24, 2.45) is 0 Å². The molecule has 0 aliphatic heterocycles. The number of anilines is 1. The number of alkyl halides is 2. The molecule has 76 valence electrons. The van der Waals surface area contributed by atoms with E-state index in [9.17, 15) is 13.6 Å². The van der Waals surface area contributed by atoms with Gasteiger partial charge in [-0.2, -0.15) is 0 Å². The zero-order chi connectivity index (χ0) is 10.9. The van der Waals surface area contributed by atoms with E-state index in [-0.39, 0.29) is 5.69 Å². The molecule has 3 N–H and O–H groups in total. The van der Waals surface area contributed by atoms with Crippen LogP contribution in [-0.2, 0) is 0 Å². The van der Waals surface area contributed by atoms with Crippen molar-refractivity contribution in [2.75, 3.05) is 5.73 Å². The summed E-state index contributed by atoms with van der Waals surface area (Å²) in [6.07, 6.45) is -2.83. The summed E-state index contributed by atoms with van der Waals surface area (Å²) in [5.41, 5.74) is 3.75. The molecule has 1 heterocycles. The van der Waals surface area contributed by atoms with Crippen molar-refractivity contribution in [1.82, 2.24) is 4.98 Å². The molecule has 7 heteroatoms. The van der Waals surface area contributed by atoms with Crippen LogP contribution in [0, 0.1) is 0 Å². The molecular formula is C7H5ClF2N2O2. The molecule has 14 heavy (non-hydrogen) atoms. The highest BCUT2D eigenvalue weighted by molar-refractivity contribution is 6.30. The number of carbonyl (C=O) groups is 1. The second kappa shape index (κ2) is 3.75. The molecule has 0 saturated heterocycles. The number of carboxylic acids is 1. The molecule has 0 saturated carbocycles. The van der Waals surface area contributed by atoms with E-state index in [4.69, 9.17) is 22.4 Å². The Bertz CT molecular complexity index is 384. The van der Waals surface area contributed by atoms with Crippen LogP contribution in [0.5, 0.6) is 0 Å². The van der Waals surface area contributed by atoms with Crippen molar-refractivity contribution in [3.8, 4) is 0 Å². The molecule has 1 aromatic rings. The van der Waals surface area contributed by atoms with Crippen LogP contribution in [0.15, 0.2) is 6.07 Å². The summed E-state index contributed by atoms with van der Waals surface area (Å²) >= 11 is 5.33. The van der Waals surface area contributed by atoms with Gasteiger partial charge < -0.3 is 10.8 Å². The molecule has 0 radical (unpaired) electrons. The average Bonchev–Trinajstić information content (AvgIpc) is 2.07. The first-order valence-corrected chi connectivity index (χ1v) is 3.78. The van der Waals surface area contributed by atoms with Crippen LogP contribution in [0.1, 0.15) is 22.5 Å². The highest BCUT2D eigenvalue weighted by Crippen LogP contribution is 2.28. The topological polar surface area (TPSA) is 76.2 Å². The van der Waals surface area contributed by atoms with Crippen molar-refractivity contribution < 1.29 is 18.7 Å². The number of hydrogen-bond donors (Lipinski definition) is 2. The Labute approximate surface area is 82.3 Å². The Hall–Kier alpha value is -1.43. The summed E-state index contributed by atoms with van der Waals surface area (Å²) < 4.78 is 24.4. The quantitative estimate of drug-likeness (QED) is 0.750. The van der Waals surface area contributed by atoms with Crippen molar-refractivity contribution >= 4 is 23.3 Å². The van der Waals surface area contributed by atoms with Gasteiger partial charge in [-0.1, -0.05) is 11.6 Å². The van der Waals surface area contributed by atoms with Crippen molar-refractivity contribution in [3.05, 3.63) is 22.5 Å². The molecule has 0 amide bonds. The summed E-state index contributed by atoms with van der Waals surface area (Å²) in [5, 5.41) is 7.98. The van der Waals surface area contributed by atoms with Gasteiger partial charge in [-0.05, 0) is 6.07 Å². The van der Waals surface area contributed by atoms with Gasteiger partial charge in [0.05, 0.1) is 11.3 Å². The maximum Gasteiger partial charge on any atom is 0.356 e. The molecule has 0 unspecified atom stereocenters. The third-order valence-electron chi connectivity index (χ3n) is 1.47. The highest BCUT2D eigenvalue weighted by Gasteiger charge is 2.18. The smallest absolute Gasteiger partial charge is 0.356 e. The van der Waals surface area contributed by atoms with Crippen molar-refractivity contribution in [3.63, 3.8) is 0 Å². The summed E-state index contributed by atoms with van der Waals surface area (Å²) in [4.78, 5) is 13.7. The second-order valence-corrected chi connectivity index (χ2v) is 2.77. The van der Waals surface area contributed by atoms with Crippen LogP contribution in [0.4, 0.5) is 14.5 Å². The first kappa shape index (κ1) is 10.6. The van der Waals surface area contributed by atoms with E-state index in [0.717, 1.165) is 6.07 Å². The predicted octanol–water partition coefficient (Wildman–Crippen LogP) is 1.95. The molecular weight excluding hydrogens is 218 g/mol. The van der Waals surface area contributed by atoms with Gasteiger partial charge in [0.2, 0.25) is 0 Å². The Morgan fingerprint density at radius 3 is 2.64 bits per heavy atom. The number of rotatable bonds is 2. The lowest BCUT2D eigenvalue weighted by atomic mass is 10.2. The van der Waals surface area contributed by atoms with Gasteiger partial charge in [-0.3, -0.25) is 0 Å². The van der Waals surface area contributed by atoms with Gasteiger partial charge in [0.1, 0.15) is 5.15 Å². The molecule has 0 aromatic carbocycles. The van der Waals surface area contributed by atoms with E-state index in [2.05, 4.69) is 4.98 Å². The predicted molar refractivity (Wildman–Crippen MR) is 45.6 cm³/mol. The molecule has 1 rings (SSSR count). The van der Waals surface area contributed by atoms with Crippen molar-refractivity contribution in [1.29, 1.82) is 0 Å². The average molecular weight is 223 g/mol. The molecule has 0 aliphatic rings. The number of carboxylic acid groups (broad SMARTS) is 1. The zero-order valence-corrected chi connectivity index (χ0v) is 7.42. The van der Waals surface area contributed by atoms with Gasteiger partial charge >= 0.3 is 5.97 Å². The number of aromatic carboxylic acids is 1. The van der Waals surface area contributed by atoms with Gasteiger partial charge in [0.25, 0.3) is 6.43 Å². The highest BCUT2D eigenvalue weighted by atomic mass is 35.5. The van der Waals surface area contributed by atoms with E-state index in [1.54, 1.807) is 0 Å². The summed E-state index contributed by atoms with van der Waals surface area (Å²) in [5.74, 6) is -1.41. The Morgan fingerprint density at radius 1 is 1.64 bits per heavy atom. The van der Waals surface area contributed by atoms with E-state index in [1.165, 1.54) is 0 Å². The van der Waals surface area contributed by atoms with Gasteiger partial charge in [0, 0.05) is 0 Å². The van der Waals surface area contributed by atoms with Crippen molar-refractivity contribution in [2.45, 2.75) is 6.43 Å². The number of aromatic nitrogens is 1. The van der Waals surface area contributed by atoms with E-state index in [1.807, 2.05) is 0 Å². The van der Waals surface area contributed by atoms with E-state index < -0.39 is 28.8 Å². The number of nitrogen functional groups attached to an aromatic ring is 1. The fourth-order valence-electron chi connectivity index (χ4n) is 0.847. The maximum absolute atomic E-state index is 12.2. The van der Waals surface area contributed by atoms with Crippen LogP contribution in [0.3, 0.4) is 0 Å². The minimum atomic E-state index is -2.83. The molecule has 0 spiro atoms. The lowest BCUT2D eigenvalue weighted by Crippen LogP contribution is -2.07. The lowest BCUT2D eigenvalue weighted by Gasteiger charge is -2.05. The van der Waals surface area contributed by atoms with Gasteiger partial charge in [-0.25, -0.2) is 18.6 Å². The molecule has 4 nitrogen and oxygen atoms in total. The van der Waals surface area contributed by atoms with Gasteiger partial charge in [-0.15, -0.1) is 0 Å². The summed E-state index contributed by atoms with van der Waals surface area (Å²) in [6, 6.07) is 0.809. The van der Waals surface area contributed by atoms with Crippen LogP contribution in [0.2, 0.25) is 5.15 Å². The lowest BCUT2D eigenvalue weighted by molar-refractivity contribution is 0.0691. The third-order valence-corrected chi connectivity index (χ3v) is 1.77. The molecule has 0 bridgehead atoms. The number of nitrogens with two attached hydrogens (primary N) is 1. The molecule has 0 fully saturated rings. The monoisotopic (exact) mass is 222 g/mol. The van der Waals surface area contributed by atoms with E-state index in [0.29, 0.717) is 0 Å². The minimum Gasteiger partial charge on any atom is -0.476 e. The number of pyridine rings is 1. The SMILES string of the molecule is Nc1cc(C(F)F)c(Cl)nc1C(=O)O. The summed E-state index contributed by atoms with van der Waals surface area (Å²) in [7, 11) is 0. The fourth-order valence-corrected chi connectivity index (χ4v) is 1.07. The number of halogens is 3. The molecule has 0 atom stereocenters. The van der Waals surface area contributed by atoms with Crippen LogP contribution < -0.4 is 5.73 Å². The zero-order valence-electron chi connectivity index (χ0n) is 6.67. The first-order valence-electron chi connectivity index (χ1n) is 3.41. The Balaban J connectivity index is 3.31. The largest absolute Gasteiger partial charge is 0.476 e. The molecule has 1 aromatic heterocycles. The van der Waals surface area contributed by atoms with Crippen LogP contribution in [0.25, 0.3) is 0 Å². The Kier molecular flexibility index (Phi) is 2.85. The van der Waals surface area contributed by atoms with Crippen LogP contribution >= 0.6 is 11.6 Å². The number of hydrogen-bond acceptors (Lipinski definition) is 3. The minimum absolute atomic E-state index is 0.336. The number of nitrogens with zero attached hydrogens (tertiary/aromatic N) is 1. The fraction of sp³-hybridized carbons (Fsp3) is 0.143. The third kappa shape index (κ3) is 1.90. The summed E-state index contributed by atoms with van der Waals surface area (Å²) in [6.45, 7) is 0. The standard InChI is InChI=1S/C7H5ClF2N2O2/c8-5-2(6(9)10)1-3(11)4(12-5)7(13)14/h1,6H,11H2,(H,13,14).